The van der Waals surface area contributed by atoms with Gasteiger partial charge in [0.25, 0.3) is 0 Å². The summed E-state index contributed by atoms with van der Waals surface area (Å²) >= 11 is 26.0. The summed E-state index contributed by atoms with van der Waals surface area (Å²) in [6, 6.07) is 23.8. The van der Waals surface area contributed by atoms with E-state index in [0.717, 1.165) is 70.9 Å². The Morgan fingerprint density at radius 3 is 1.16 bits per heavy atom. The number of ether oxygens (including phenoxy) is 8. The van der Waals surface area contributed by atoms with Gasteiger partial charge in [-0.05, 0) is 83.9 Å². The van der Waals surface area contributed by atoms with Crippen LogP contribution >= 0.6 is 46.4 Å². The zero-order valence-corrected chi connectivity index (χ0v) is 51.8. The van der Waals surface area contributed by atoms with Gasteiger partial charge in [0.05, 0.1) is 131 Å². The lowest BCUT2D eigenvalue weighted by Crippen LogP contribution is -2.39. The molecule has 2 aliphatic rings. The maximum absolute atomic E-state index is 12.1. The number of carbonyl (C=O) groups excluding carboxylic acids is 2. The van der Waals surface area contributed by atoms with Gasteiger partial charge in [0.15, 0.2) is 0 Å². The third-order valence-corrected chi connectivity index (χ3v) is 15.3. The first-order valence-corrected chi connectivity index (χ1v) is 30.5. The van der Waals surface area contributed by atoms with Crippen molar-refractivity contribution in [1.82, 2.24) is 61.1 Å². The molecule has 4 N–H and O–H groups in total. The Bertz CT molecular complexity index is 2850. The molecule has 2 aromatic heterocycles. The molecule has 26 heteroatoms. The number of benzene rings is 4. The predicted molar refractivity (Wildman–Crippen MR) is 330 cm³/mol. The number of urea groups is 2. The first-order chi connectivity index (χ1) is 42.0. The monoisotopic (exact) mass is 1270 g/mol. The van der Waals surface area contributed by atoms with Crippen molar-refractivity contribution >= 4 is 58.5 Å². The number of aromatic nitrogens is 6. The second-order valence-electron chi connectivity index (χ2n) is 20.7. The van der Waals surface area contributed by atoms with Gasteiger partial charge in [-0.1, -0.05) is 93.2 Å². The van der Waals surface area contributed by atoms with Crippen LogP contribution in [-0.2, 0) is 64.1 Å². The van der Waals surface area contributed by atoms with Crippen molar-refractivity contribution in [2.45, 2.75) is 38.0 Å². The molecule has 0 spiro atoms. The van der Waals surface area contributed by atoms with E-state index in [1.54, 1.807) is 9.36 Å². The minimum absolute atomic E-state index is 0.132. The van der Waals surface area contributed by atoms with Crippen LogP contribution in [0.25, 0.3) is 22.5 Å². The number of carbonyl (C=O) groups is 2. The number of likely N-dealkylation sites (N-methyl/N-ethyl adjacent to an activating group) is 2. The van der Waals surface area contributed by atoms with Crippen LogP contribution in [0.4, 0.5) is 9.59 Å². The number of fused-ring (bicyclic) bond motifs is 2. The van der Waals surface area contributed by atoms with Crippen molar-refractivity contribution in [3.63, 3.8) is 0 Å². The topological polar surface area (TPSA) is 224 Å². The minimum atomic E-state index is -0.313. The van der Waals surface area contributed by atoms with Gasteiger partial charge in [-0.3, -0.25) is 0 Å². The fourth-order valence-corrected chi connectivity index (χ4v) is 11.1. The van der Waals surface area contributed by atoms with Crippen LogP contribution in [-0.4, -0.2) is 211 Å². The normalized spacial score (nSPS) is 15.1. The highest BCUT2D eigenvalue weighted by Gasteiger charge is 2.29. The van der Waals surface area contributed by atoms with Crippen molar-refractivity contribution in [2.24, 2.45) is 0 Å². The van der Waals surface area contributed by atoms with Crippen molar-refractivity contribution in [3.05, 3.63) is 139 Å². The molecule has 0 bridgehead atoms. The lowest BCUT2D eigenvalue weighted by atomic mass is 9.84. The molecule has 6 aromatic rings. The number of nitrogens with one attached hydrogen (secondary N) is 4. The van der Waals surface area contributed by atoms with Gasteiger partial charge in [-0.15, -0.1) is 10.2 Å². The number of hydrogen-bond acceptors (Lipinski definition) is 16. The Morgan fingerprint density at radius 1 is 0.465 bits per heavy atom. The highest BCUT2D eigenvalue weighted by Crippen LogP contribution is 2.41. The number of nitrogens with zero attached hydrogens (tertiary/aromatic N) is 8. The Balaban J connectivity index is 0.530. The van der Waals surface area contributed by atoms with Gasteiger partial charge >= 0.3 is 12.1 Å². The number of hydrogen-bond donors (Lipinski definition) is 4. The zero-order chi connectivity index (χ0) is 60.3. The summed E-state index contributed by atoms with van der Waals surface area (Å²) in [7, 11) is 4.20. The lowest BCUT2D eigenvalue weighted by Gasteiger charge is -2.33. The Hall–Kier alpha value is -5.54. The smallest absolute Gasteiger partial charge is 0.314 e. The quantitative estimate of drug-likeness (QED) is 0.0279. The Kier molecular flexibility index (Phi) is 27.9. The largest absolute Gasteiger partial charge is 0.377 e. The average Bonchev–Trinajstić information content (AvgIpc) is 1.26. The van der Waals surface area contributed by atoms with Crippen LogP contribution in [0.15, 0.2) is 85.2 Å². The minimum Gasteiger partial charge on any atom is -0.377 e. The van der Waals surface area contributed by atoms with Crippen molar-refractivity contribution in [1.29, 1.82) is 0 Å². The molecule has 0 saturated carbocycles. The molecule has 8 rings (SSSR count). The van der Waals surface area contributed by atoms with Gasteiger partial charge in [0.2, 0.25) is 0 Å². The molecular formula is C60H78Cl4N12O10. The molecule has 0 unspecified atom stereocenters. The number of rotatable bonds is 37. The van der Waals surface area contributed by atoms with Crippen molar-refractivity contribution in [3.8, 4) is 22.5 Å². The van der Waals surface area contributed by atoms with Gasteiger partial charge in [0.1, 0.15) is 11.4 Å². The second kappa shape index (κ2) is 36.1. The van der Waals surface area contributed by atoms with E-state index in [-0.39, 0.29) is 23.9 Å². The number of halogens is 4. The van der Waals surface area contributed by atoms with Gasteiger partial charge in [-0.2, -0.15) is 0 Å². The molecule has 4 amide bonds. The summed E-state index contributed by atoms with van der Waals surface area (Å²) in [4.78, 5) is 28.7. The standard InChI is InChI=1S/C60H78Cl4N12O10/c1-73-37-51(49-33-47(61)35-55(63)53(49)39-73)43-5-3-7-45(31-43)57-41-75(71-69-57)13-19-83-25-29-85-27-23-81-17-11-67-59(77)65-9-15-79-21-22-80-16-10-66-60(78)68-12-18-82-24-28-86-30-26-84-20-14-76-42-58(70-72-76)46-8-4-6-44(32-46)52-38-74(2)40-54-50(52)34-48(62)36-56(54)64/h3-8,31-36,41-42,51-52H,9-30,37-40H2,1-2H3,(H2,65,67,77)(H2,66,68,78)/t51-,52+. The highest BCUT2D eigenvalue weighted by atomic mass is 35.5. The predicted octanol–water partition coefficient (Wildman–Crippen LogP) is 7.40. The maximum atomic E-state index is 12.1. The van der Waals surface area contributed by atoms with Crippen LogP contribution in [0.2, 0.25) is 20.1 Å². The van der Waals surface area contributed by atoms with Crippen LogP contribution < -0.4 is 21.3 Å². The van der Waals surface area contributed by atoms with E-state index in [9.17, 15) is 9.59 Å². The Morgan fingerprint density at radius 2 is 0.802 bits per heavy atom. The van der Waals surface area contributed by atoms with Crippen LogP contribution in [0.3, 0.4) is 0 Å². The summed E-state index contributed by atoms with van der Waals surface area (Å²) in [5.41, 5.74) is 10.4. The van der Waals surface area contributed by atoms with E-state index in [2.05, 4.69) is 90.1 Å². The molecule has 0 aliphatic carbocycles. The van der Waals surface area contributed by atoms with Crippen LogP contribution in [0, 0.1) is 0 Å². The van der Waals surface area contributed by atoms with E-state index in [1.165, 1.54) is 11.1 Å². The first-order valence-electron chi connectivity index (χ1n) is 29.0. The van der Waals surface area contributed by atoms with E-state index in [4.69, 9.17) is 84.3 Å². The molecular weight excluding hydrogens is 1190 g/mol. The summed E-state index contributed by atoms with van der Waals surface area (Å²) in [5.74, 6) is 0.264. The van der Waals surface area contributed by atoms with Gasteiger partial charge in [-0.25, -0.2) is 19.0 Å². The molecule has 2 aliphatic heterocycles. The Labute approximate surface area is 522 Å². The van der Waals surface area contributed by atoms with E-state index < -0.39 is 0 Å². The zero-order valence-electron chi connectivity index (χ0n) is 48.8. The fourth-order valence-electron chi connectivity index (χ4n) is 9.96. The van der Waals surface area contributed by atoms with Crippen molar-refractivity contribution < 1.29 is 47.5 Å². The van der Waals surface area contributed by atoms with Crippen LogP contribution in [0.1, 0.15) is 45.2 Å². The van der Waals surface area contributed by atoms with Crippen LogP contribution in [0.5, 0.6) is 0 Å². The van der Waals surface area contributed by atoms with E-state index >= 15 is 0 Å². The molecule has 4 aromatic carbocycles. The summed E-state index contributed by atoms with van der Waals surface area (Å²) in [5, 5.41) is 31.1. The molecule has 0 radical (unpaired) electrons. The SMILES string of the molecule is CN1Cc2c(Cl)cc(Cl)cc2[C@@H](c2cccc(-c3cn(CCOCCOCCOCCNC(=O)NCCOCCOCCNC(=O)NCCOCCOCCOCCn4cc(-c5cccc([C@@H]6CN(C)Cc7c(Cl)cc(Cl)cc76)c5)nn4)nn3)c2)C1. The molecule has 0 fully saturated rings. The molecule has 0 saturated heterocycles. The fraction of sp³-hybridized carbons (Fsp3) is 0.500. The van der Waals surface area contributed by atoms with Gasteiger partial charge < -0.3 is 69.0 Å². The third kappa shape index (κ3) is 21.6. The maximum Gasteiger partial charge on any atom is 0.314 e. The van der Waals surface area contributed by atoms with Crippen molar-refractivity contribution in [2.75, 3.05) is 159 Å². The third-order valence-electron chi connectivity index (χ3n) is 14.1. The second-order valence-corrected chi connectivity index (χ2v) is 22.3. The first kappa shape index (κ1) is 66.4. The van der Waals surface area contributed by atoms with Gasteiger partial charge in [0, 0.05) is 95.4 Å². The molecule has 2 atom stereocenters. The summed E-state index contributed by atoms with van der Waals surface area (Å²) in [6.45, 7) is 12.0. The highest BCUT2D eigenvalue weighted by molar-refractivity contribution is 6.35. The molecule has 22 nitrogen and oxygen atoms in total. The summed E-state index contributed by atoms with van der Waals surface area (Å²) < 4.78 is 48.4. The van der Waals surface area contributed by atoms with E-state index in [0.29, 0.717) is 165 Å². The number of amides is 4. The molecule has 4 heterocycles. The molecule has 466 valence electrons. The average molecular weight is 1270 g/mol. The molecule has 86 heavy (non-hydrogen) atoms. The van der Waals surface area contributed by atoms with E-state index in [1.807, 2.05) is 60.9 Å². The summed E-state index contributed by atoms with van der Waals surface area (Å²) in [6.07, 6.45) is 3.85. The lowest BCUT2D eigenvalue weighted by molar-refractivity contribution is 0.0135.